The fourth-order valence-electron chi connectivity index (χ4n) is 1.99. The van der Waals surface area contributed by atoms with E-state index in [2.05, 4.69) is 4.98 Å². The Bertz CT molecular complexity index is 968. The van der Waals surface area contributed by atoms with E-state index in [1.807, 2.05) is 11.6 Å². The van der Waals surface area contributed by atoms with E-state index in [1.54, 1.807) is 18.5 Å². The predicted octanol–water partition coefficient (Wildman–Crippen LogP) is 2.76. The average molecular weight is 379 g/mol. The van der Waals surface area contributed by atoms with Crippen LogP contribution >= 0.6 is 11.6 Å². The van der Waals surface area contributed by atoms with Crippen LogP contribution in [-0.2, 0) is 14.8 Å². The molecule has 0 fully saturated rings. The summed E-state index contributed by atoms with van der Waals surface area (Å²) in [5.41, 5.74) is 1.74. The van der Waals surface area contributed by atoms with Crippen LogP contribution < -0.4 is 4.72 Å². The Hall–Kier alpha value is -2.51. The molecule has 0 radical (unpaired) electrons. The molecule has 8 heteroatoms. The molecule has 0 saturated carbocycles. The minimum Gasteiger partial charge on any atom is -0.295 e. The smallest absolute Gasteiger partial charge is 0.265 e. The van der Waals surface area contributed by atoms with Crippen molar-refractivity contribution < 1.29 is 18.0 Å². The molecular formula is C17H15ClN2O4S. The van der Waals surface area contributed by atoms with E-state index >= 15 is 0 Å². The Labute approximate surface area is 150 Å². The maximum atomic E-state index is 12.3. The van der Waals surface area contributed by atoms with Gasteiger partial charge < -0.3 is 0 Å². The van der Waals surface area contributed by atoms with Crippen LogP contribution in [0.15, 0.2) is 47.6 Å². The number of halogens is 1. The third-order valence-corrected chi connectivity index (χ3v) is 5.01. The summed E-state index contributed by atoms with van der Waals surface area (Å²) < 4.78 is 26.6. The van der Waals surface area contributed by atoms with Gasteiger partial charge in [0.15, 0.2) is 5.78 Å². The largest absolute Gasteiger partial charge is 0.295 e. The molecule has 0 atom stereocenters. The number of nitrogens with zero attached hydrogens (tertiary/aromatic N) is 1. The first kappa shape index (κ1) is 18.8. The summed E-state index contributed by atoms with van der Waals surface area (Å²) in [6, 6.07) is 5.63. The van der Waals surface area contributed by atoms with Gasteiger partial charge in [0.2, 0.25) is 0 Å². The van der Waals surface area contributed by atoms with Gasteiger partial charge in [-0.3, -0.25) is 14.6 Å². The minimum atomic E-state index is -4.21. The molecule has 2 aromatic rings. The molecule has 130 valence electrons. The van der Waals surface area contributed by atoms with Gasteiger partial charge in [0.25, 0.3) is 15.9 Å². The second kappa shape index (κ2) is 7.58. The standard InChI is InChI=1S/C17H15ClN2O4S/c1-11-7-13(10-19-9-11)3-6-17(22)20-25(23,24)16-8-14(12(2)21)4-5-15(16)18/h3-10H,1-2H3,(H,20,22)/b6-3+. The summed E-state index contributed by atoms with van der Waals surface area (Å²) in [5.74, 6) is -1.16. The summed E-state index contributed by atoms with van der Waals surface area (Å²) in [5, 5.41) is -0.0860. The van der Waals surface area contributed by atoms with Crippen molar-refractivity contribution in [1.29, 1.82) is 0 Å². The van der Waals surface area contributed by atoms with E-state index in [1.165, 1.54) is 25.1 Å². The number of carbonyl (C=O) groups excluding carboxylic acids is 2. The first-order valence-corrected chi connectivity index (χ1v) is 9.02. The van der Waals surface area contributed by atoms with Gasteiger partial charge in [-0.2, -0.15) is 0 Å². The van der Waals surface area contributed by atoms with E-state index in [-0.39, 0.29) is 21.3 Å². The highest BCUT2D eigenvalue weighted by atomic mass is 35.5. The number of aryl methyl sites for hydroxylation is 1. The lowest BCUT2D eigenvalue weighted by atomic mass is 10.1. The fourth-order valence-corrected chi connectivity index (χ4v) is 3.46. The van der Waals surface area contributed by atoms with Crippen molar-refractivity contribution in [3.05, 3.63) is 64.4 Å². The lowest BCUT2D eigenvalue weighted by Gasteiger charge is -2.08. The van der Waals surface area contributed by atoms with Gasteiger partial charge >= 0.3 is 0 Å². The lowest BCUT2D eigenvalue weighted by Crippen LogP contribution is -2.29. The van der Waals surface area contributed by atoms with Gasteiger partial charge in [-0.25, -0.2) is 13.1 Å². The lowest BCUT2D eigenvalue weighted by molar-refractivity contribution is -0.114. The number of carbonyl (C=O) groups is 2. The topological polar surface area (TPSA) is 93.2 Å². The molecule has 1 aromatic carbocycles. The average Bonchev–Trinajstić information content (AvgIpc) is 2.52. The van der Waals surface area contributed by atoms with Crippen molar-refractivity contribution in [2.45, 2.75) is 18.7 Å². The van der Waals surface area contributed by atoms with E-state index in [9.17, 15) is 18.0 Å². The van der Waals surface area contributed by atoms with Crippen molar-refractivity contribution in [2.75, 3.05) is 0 Å². The summed E-state index contributed by atoms with van der Waals surface area (Å²) >= 11 is 5.89. The fraction of sp³-hybridized carbons (Fsp3) is 0.118. The van der Waals surface area contributed by atoms with Crippen LogP contribution in [0.3, 0.4) is 0 Å². The molecule has 1 amide bonds. The van der Waals surface area contributed by atoms with Crippen molar-refractivity contribution in [3.63, 3.8) is 0 Å². The van der Waals surface area contributed by atoms with Crippen LogP contribution in [0.2, 0.25) is 5.02 Å². The van der Waals surface area contributed by atoms with Gasteiger partial charge in [-0.1, -0.05) is 11.6 Å². The molecule has 0 bridgehead atoms. The van der Waals surface area contributed by atoms with Crippen LogP contribution in [0.25, 0.3) is 6.08 Å². The highest BCUT2D eigenvalue weighted by Gasteiger charge is 2.21. The van der Waals surface area contributed by atoms with Crippen LogP contribution in [-0.4, -0.2) is 25.1 Å². The van der Waals surface area contributed by atoms with E-state index in [4.69, 9.17) is 11.6 Å². The zero-order valence-corrected chi connectivity index (χ0v) is 15.1. The predicted molar refractivity (Wildman–Crippen MR) is 94.8 cm³/mol. The van der Waals surface area contributed by atoms with Crippen molar-refractivity contribution in [2.24, 2.45) is 0 Å². The summed E-state index contributed by atoms with van der Waals surface area (Å²) in [7, 11) is -4.21. The molecule has 1 heterocycles. The van der Waals surface area contributed by atoms with Gasteiger partial charge in [0.1, 0.15) is 4.90 Å². The molecule has 6 nitrogen and oxygen atoms in total. The molecule has 2 rings (SSSR count). The number of nitrogens with one attached hydrogen (secondary N) is 1. The number of rotatable bonds is 5. The van der Waals surface area contributed by atoms with Gasteiger partial charge in [-0.05, 0) is 55.3 Å². The number of hydrogen-bond donors (Lipinski definition) is 1. The third-order valence-electron chi connectivity index (χ3n) is 3.19. The quantitative estimate of drug-likeness (QED) is 0.637. The van der Waals surface area contributed by atoms with E-state index in [0.717, 1.165) is 17.7 Å². The molecular weight excluding hydrogens is 364 g/mol. The SMILES string of the molecule is CC(=O)c1ccc(Cl)c(S(=O)(=O)NC(=O)/C=C/c2cncc(C)c2)c1. The molecule has 0 aliphatic carbocycles. The first-order chi connectivity index (χ1) is 11.7. The number of Topliss-reactive ketones (excluding diaryl/α,β-unsaturated/α-hetero) is 1. The number of amides is 1. The molecule has 25 heavy (non-hydrogen) atoms. The number of benzene rings is 1. The maximum absolute atomic E-state index is 12.3. The first-order valence-electron chi connectivity index (χ1n) is 7.16. The number of aromatic nitrogens is 1. The van der Waals surface area contributed by atoms with E-state index in [0.29, 0.717) is 5.56 Å². The summed E-state index contributed by atoms with van der Waals surface area (Å²) in [4.78, 5) is 27.0. The maximum Gasteiger partial charge on any atom is 0.265 e. The zero-order chi connectivity index (χ0) is 18.6. The Morgan fingerprint density at radius 3 is 2.56 bits per heavy atom. The molecule has 0 aliphatic rings. The Morgan fingerprint density at radius 2 is 1.92 bits per heavy atom. The monoisotopic (exact) mass is 378 g/mol. The number of pyridine rings is 1. The molecule has 1 N–H and O–H groups in total. The van der Waals surface area contributed by atoms with E-state index < -0.39 is 15.9 Å². The van der Waals surface area contributed by atoms with Crippen LogP contribution in [0, 0.1) is 6.92 Å². The summed E-state index contributed by atoms with van der Waals surface area (Å²) in [6.45, 7) is 3.15. The molecule has 0 saturated heterocycles. The second-order valence-electron chi connectivity index (χ2n) is 5.30. The van der Waals surface area contributed by atoms with Gasteiger partial charge in [-0.15, -0.1) is 0 Å². The van der Waals surface area contributed by atoms with Crippen molar-refractivity contribution >= 4 is 39.4 Å². The molecule has 0 spiro atoms. The third kappa shape index (κ3) is 4.98. The highest BCUT2D eigenvalue weighted by Crippen LogP contribution is 2.22. The minimum absolute atomic E-state index is 0.0860. The molecule has 0 unspecified atom stereocenters. The number of sulfonamides is 1. The van der Waals surface area contributed by atoms with Gasteiger partial charge in [0, 0.05) is 24.0 Å². The number of ketones is 1. The molecule has 0 aliphatic heterocycles. The number of hydrogen-bond acceptors (Lipinski definition) is 5. The van der Waals surface area contributed by atoms with Crippen LogP contribution in [0.5, 0.6) is 0 Å². The van der Waals surface area contributed by atoms with Crippen molar-refractivity contribution in [1.82, 2.24) is 9.71 Å². The molecule has 1 aromatic heterocycles. The summed E-state index contributed by atoms with van der Waals surface area (Å²) in [6.07, 6.45) is 5.72. The Kier molecular flexibility index (Phi) is 5.71. The Morgan fingerprint density at radius 1 is 1.20 bits per heavy atom. The van der Waals surface area contributed by atoms with Gasteiger partial charge in [0.05, 0.1) is 5.02 Å². The van der Waals surface area contributed by atoms with Crippen LogP contribution in [0.4, 0.5) is 0 Å². The normalized spacial score (nSPS) is 11.5. The second-order valence-corrected chi connectivity index (χ2v) is 7.36. The highest BCUT2D eigenvalue weighted by molar-refractivity contribution is 7.90. The van der Waals surface area contributed by atoms with Crippen LogP contribution in [0.1, 0.15) is 28.4 Å². The van der Waals surface area contributed by atoms with Crippen molar-refractivity contribution in [3.8, 4) is 0 Å². The Balaban J connectivity index is 2.22. The zero-order valence-electron chi connectivity index (χ0n) is 13.5.